The van der Waals surface area contributed by atoms with E-state index in [0.29, 0.717) is 6.54 Å². The van der Waals surface area contributed by atoms with Gasteiger partial charge in [-0.05, 0) is 31.2 Å². The van der Waals surface area contributed by atoms with Crippen molar-refractivity contribution in [2.45, 2.75) is 19.1 Å². The lowest BCUT2D eigenvalue weighted by molar-refractivity contribution is -0.137. The van der Waals surface area contributed by atoms with Crippen molar-refractivity contribution in [3.63, 3.8) is 0 Å². The fourth-order valence-electron chi connectivity index (χ4n) is 3.65. The number of primary amides is 1. The van der Waals surface area contributed by atoms with E-state index in [1.54, 1.807) is 0 Å². The summed E-state index contributed by atoms with van der Waals surface area (Å²) in [5.74, 6) is -1.09. The molecule has 1 atom stereocenters. The largest absolute Gasteiger partial charge is 0.417 e. The third kappa shape index (κ3) is 5.00. The molecule has 1 unspecified atom stereocenters. The molecular formula is C21H25F3N4O. The number of rotatable bonds is 6. The van der Waals surface area contributed by atoms with Crippen molar-refractivity contribution in [3.05, 3.63) is 59.7 Å². The van der Waals surface area contributed by atoms with Crippen molar-refractivity contribution < 1.29 is 18.0 Å². The quantitative estimate of drug-likeness (QED) is 0.772. The molecule has 0 radical (unpaired) electrons. The van der Waals surface area contributed by atoms with Crippen molar-refractivity contribution in [2.24, 2.45) is 5.73 Å². The van der Waals surface area contributed by atoms with Crippen LogP contribution < -0.4 is 16.0 Å². The fourth-order valence-corrected chi connectivity index (χ4v) is 3.65. The summed E-state index contributed by atoms with van der Waals surface area (Å²) < 4.78 is 39.6. The van der Waals surface area contributed by atoms with Crippen LogP contribution in [0, 0.1) is 0 Å². The Morgan fingerprint density at radius 3 is 2.31 bits per heavy atom. The van der Waals surface area contributed by atoms with E-state index >= 15 is 0 Å². The zero-order valence-corrected chi connectivity index (χ0v) is 16.2. The van der Waals surface area contributed by atoms with Gasteiger partial charge in [0.05, 0.1) is 11.1 Å². The number of nitrogens with two attached hydrogens (primary N) is 1. The van der Waals surface area contributed by atoms with Gasteiger partial charge in [-0.3, -0.25) is 9.69 Å². The van der Waals surface area contributed by atoms with Gasteiger partial charge >= 0.3 is 6.18 Å². The molecular weight excluding hydrogens is 381 g/mol. The van der Waals surface area contributed by atoms with Crippen molar-refractivity contribution in [1.29, 1.82) is 0 Å². The number of carbonyl (C=O) groups excluding carboxylic acids is 1. The average Bonchev–Trinajstić information content (AvgIpc) is 2.71. The molecule has 5 nitrogen and oxygen atoms in total. The van der Waals surface area contributed by atoms with Crippen molar-refractivity contribution in [3.8, 4) is 0 Å². The number of hydrogen-bond acceptors (Lipinski definition) is 4. The zero-order chi connectivity index (χ0) is 21.0. The van der Waals surface area contributed by atoms with Gasteiger partial charge in [0.1, 0.15) is 0 Å². The molecule has 0 aliphatic carbocycles. The monoisotopic (exact) mass is 406 g/mol. The van der Waals surface area contributed by atoms with Gasteiger partial charge in [0.2, 0.25) is 0 Å². The van der Waals surface area contributed by atoms with E-state index in [-0.39, 0.29) is 11.7 Å². The highest BCUT2D eigenvalue weighted by Gasteiger charge is 2.36. The summed E-state index contributed by atoms with van der Waals surface area (Å²) >= 11 is 0. The summed E-state index contributed by atoms with van der Waals surface area (Å²) in [4.78, 5) is 16.3. The first-order valence-corrected chi connectivity index (χ1v) is 9.55. The molecule has 2 aromatic carbocycles. The normalized spacial score (nSPS) is 16.5. The Bertz CT molecular complexity index is 834. The number of anilines is 2. The smallest absolute Gasteiger partial charge is 0.383 e. The van der Waals surface area contributed by atoms with Crippen LogP contribution in [0.25, 0.3) is 0 Å². The number of alkyl halides is 3. The van der Waals surface area contributed by atoms with Gasteiger partial charge in [-0.25, -0.2) is 0 Å². The predicted octanol–water partition coefficient (Wildman–Crippen LogP) is 3.43. The fraction of sp³-hybridized carbons (Fsp3) is 0.381. The van der Waals surface area contributed by atoms with Crippen LogP contribution in [-0.4, -0.2) is 49.6 Å². The van der Waals surface area contributed by atoms with Crippen molar-refractivity contribution >= 4 is 17.3 Å². The number of hydrogen-bond donors (Lipinski definition) is 2. The molecule has 0 bridgehead atoms. The molecule has 0 saturated carbocycles. The predicted molar refractivity (Wildman–Crippen MR) is 108 cm³/mol. The second-order valence-corrected chi connectivity index (χ2v) is 7.18. The molecule has 0 aromatic heterocycles. The number of para-hydroxylation sites is 1. The number of carbonyl (C=O) groups is 1. The van der Waals surface area contributed by atoms with Crippen molar-refractivity contribution in [1.82, 2.24) is 4.90 Å². The Balaban J connectivity index is 1.62. The maximum atomic E-state index is 13.2. The number of benzene rings is 2. The highest BCUT2D eigenvalue weighted by atomic mass is 19.4. The van der Waals surface area contributed by atoms with Crippen molar-refractivity contribution in [2.75, 3.05) is 42.9 Å². The minimum absolute atomic E-state index is 0.0863. The Morgan fingerprint density at radius 1 is 1.07 bits per heavy atom. The molecule has 3 N–H and O–H groups in total. The summed E-state index contributed by atoms with van der Waals surface area (Å²) in [5.41, 5.74) is 5.01. The number of amides is 1. The molecule has 1 saturated heterocycles. The molecule has 1 aliphatic heterocycles. The summed E-state index contributed by atoms with van der Waals surface area (Å²) in [6, 6.07) is 13.9. The third-order valence-electron chi connectivity index (χ3n) is 5.26. The standard InChI is InChI=1S/C21H25F3N4O/c1-15(27-10-12-28(13-11-27)16-6-3-2-4-7-16)14-26-18-9-5-8-17(21(22,23)24)19(18)20(25)29/h2-9,15,26H,10-14H2,1H3,(H2,25,29). The van der Waals surface area contributed by atoms with Crippen LogP contribution in [0.4, 0.5) is 24.5 Å². The van der Waals surface area contributed by atoms with E-state index < -0.39 is 23.2 Å². The Hall–Kier alpha value is -2.74. The number of piperazine rings is 1. The lowest BCUT2D eigenvalue weighted by atomic mass is 10.0. The topological polar surface area (TPSA) is 61.6 Å². The van der Waals surface area contributed by atoms with Crippen LogP contribution in [-0.2, 0) is 6.18 Å². The summed E-state index contributed by atoms with van der Waals surface area (Å²) in [6.45, 7) is 5.89. The first-order chi connectivity index (χ1) is 13.8. The van der Waals surface area contributed by atoms with Crippen LogP contribution in [0.2, 0.25) is 0 Å². The molecule has 0 spiro atoms. The van der Waals surface area contributed by atoms with Gasteiger partial charge in [-0.15, -0.1) is 0 Å². The first-order valence-electron chi connectivity index (χ1n) is 9.55. The molecule has 29 heavy (non-hydrogen) atoms. The van der Waals surface area contributed by atoms with Crippen LogP contribution in [0.1, 0.15) is 22.8 Å². The van der Waals surface area contributed by atoms with Gasteiger partial charge < -0.3 is 16.0 Å². The second-order valence-electron chi connectivity index (χ2n) is 7.18. The molecule has 2 aromatic rings. The van der Waals surface area contributed by atoms with E-state index in [2.05, 4.69) is 27.2 Å². The maximum absolute atomic E-state index is 13.2. The second kappa shape index (κ2) is 8.73. The van der Waals surface area contributed by atoms with Gasteiger partial charge in [0.15, 0.2) is 0 Å². The zero-order valence-electron chi connectivity index (χ0n) is 16.2. The molecule has 1 aliphatic rings. The van der Waals surface area contributed by atoms with Crippen LogP contribution in [0.3, 0.4) is 0 Å². The average molecular weight is 406 g/mol. The van der Waals surface area contributed by atoms with E-state index in [1.165, 1.54) is 17.8 Å². The van der Waals surface area contributed by atoms with E-state index in [4.69, 9.17) is 5.73 Å². The Kier molecular flexibility index (Phi) is 6.32. The Labute approximate surface area is 168 Å². The number of halogens is 3. The first kappa shape index (κ1) is 21.0. The molecule has 1 heterocycles. The minimum atomic E-state index is -4.64. The molecule has 8 heteroatoms. The lowest BCUT2D eigenvalue weighted by Gasteiger charge is -2.39. The van der Waals surface area contributed by atoms with E-state index in [1.807, 2.05) is 25.1 Å². The highest BCUT2D eigenvalue weighted by molar-refractivity contribution is 6.00. The summed E-state index contributed by atoms with van der Waals surface area (Å²) in [6.07, 6.45) is -4.64. The van der Waals surface area contributed by atoms with Gasteiger partial charge in [-0.1, -0.05) is 24.3 Å². The van der Waals surface area contributed by atoms with Gasteiger partial charge in [0.25, 0.3) is 5.91 Å². The maximum Gasteiger partial charge on any atom is 0.417 e. The molecule has 156 valence electrons. The number of nitrogens with one attached hydrogen (secondary N) is 1. The van der Waals surface area contributed by atoms with E-state index in [9.17, 15) is 18.0 Å². The van der Waals surface area contributed by atoms with Gasteiger partial charge in [-0.2, -0.15) is 13.2 Å². The SMILES string of the molecule is CC(CNc1cccc(C(F)(F)F)c1C(N)=O)N1CCN(c2ccccc2)CC1. The molecule has 1 fully saturated rings. The minimum Gasteiger partial charge on any atom is -0.383 e. The Morgan fingerprint density at radius 2 is 1.72 bits per heavy atom. The van der Waals surface area contributed by atoms with E-state index in [0.717, 1.165) is 32.2 Å². The molecule has 3 rings (SSSR count). The summed E-state index contributed by atoms with van der Waals surface area (Å²) in [5, 5.41) is 2.99. The lowest BCUT2D eigenvalue weighted by Crippen LogP contribution is -2.51. The number of nitrogens with zero attached hydrogens (tertiary/aromatic N) is 2. The third-order valence-corrected chi connectivity index (χ3v) is 5.26. The van der Waals surface area contributed by atoms with Crippen LogP contribution >= 0.6 is 0 Å². The van der Waals surface area contributed by atoms with Crippen LogP contribution in [0.5, 0.6) is 0 Å². The molecule has 1 amide bonds. The van der Waals surface area contributed by atoms with Gasteiger partial charge in [0, 0.05) is 50.1 Å². The van der Waals surface area contributed by atoms with Crippen LogP contribution in [0.15, 0.2) is 48.5 Å². The summed E-state index contributed by atoms with van der Waals surface area (Å²) in [7, 11) is 0. The highest BCUT2D eigenvalue weighted by Crippen LogP contribution is 2.35.